The highest BCUT2D eigenvalue weighted by Gasteiger charge is 2.17. The van der Waals surface area contributed by atoms with E-state index in [4.69, 9.17) is 4.42 Å². The van der Waals surface area contributed by atoms with Crippen molar-refractivity contribution >= 4 is 11.0 Å². The molecule has 0 atom stereocenters. The Morgan fingerprint density at radius 2 is 1.69 bits per heavy atom. The highest BCUT2D eigenvalue weighted by molar-refractivity contribution is 5.85. The van der Waals surface area contributed by atoms with Gasteiger partial charge >= 0.3 is 0 Å². The molecule has 0 fully saturated rings. The Balaban J connectivity index is 2.09. The molecule has 1 N–H and O–H groups in total. The molecule has 0 saturated carbocycles. The van der Waals surface area contributed by atoms with Crippen LogP contribution in [0, 0.1) is 0 Å². The summed E-state index contributed by atoms with van der Waals surface area (Å²) in [5.41, 5.74) is 2.45. The number of fused-ring (bicyclic) bond motifs is 1. The predicted octanol–water partition coefficient (Wildman–Crippen LogP) is 4.79. The summed E-state index contributed by atoms with van der Waals surface area (Å²) in [7, 11) is 0. The van der Waals surface area contributed by atoms with Gasteiger partial charge in [0.2, 0.25) is 5.43 Å². The third kappa shape index (κ3) is 3.65. The molecule has 2 aromatic carbocycles. The van der Waals surface area contributed by atoms with Crippen molar-refractivity contribution in [1.82, 2.24) is 4.90 Å². The zero-order valence-electron chi connectivity index (χ0n) is 15.4. The van der Waals surface area contributed by atoms with Gasteiger partial charge in [0.1, 0.15) is 17.6 Å². The number of rotatable bonds is 7. The van der Waals surface area contributed by atoms with Gasteiger partial charge in [-0.05, 0) is 43.6 Å². The van der Waals surface area contributed by atoms with E-state index in [1.807, 2.05) is 30.3 Å². The maximum Gasteiger partial charge on any atom is 0.200 e. The fourth-order valence-corrected chi connectivity index (χ4v) is 3.34. The molecule has 0 amide bonds. The van der Waals surface area contributed by atoms with Gasteiger partial charge in [0, 0.05) is 6.54 Å². The quantitative estimate of drug-likeness (QED) is 0.665. The van der Waals surface area contributed by atoms with Crippen molar-refractivity contribution in [2.45, 2.75) is 33.2 Å². The number of nitrogens with zero attached hydrogens (tertiary/aromatic N) is 1. The van der Waals surface area contributed by atoms with Gasteiger partial charge in [-0.1, -0.05) is 44.2 Å². The first-order valence-corrected chi connectivity index (χ1v) is 9.19. The molecular weight excluding hydrogens is 326 g/mol. The molecule has 3 aromatic rings. The van der Waals surface area contributed by atoms with Crippen LogP contribution in [0.2, 0.25) is 0 Å². The molecule has 1 heterocycles. The minimum Gasteiger partial charge on any atom is -0.507 e. The van der Waals surface area contributed by atoms with Crippen LogP contribution in [-0.2, 0) is 6.54 Å². The smallest absolute Gasteiger partial charge is 0.200 e. The molecular formula is C22H25NO3. The minimum absolute atomic E-state index is 0.0729. The van der Waals surface area contributed by atoms with Crippen LogP contribution < -0.4 is 5.43 Å². The van der Waals surface area contributed by atoms with Gasteiger partial charge < -0.3 is 9.52 Å². The van der Waals surface area contributed by atoms with Crippen LogP contribution in [0.25, 0.3) is 22.1 Å². The molecule has 3 rings (SSSR count). The van der Waals surface area contributed by atoms with Crippen molar-refractivity contribution in [3.05, 3.63) is 64.5 Å². The topological polar surface area (TPSA) is 53.7 Å². The maximum absolute atomic E-state index is 13.0. The van der Waals surface area contributed by atoms with E-state index in [1.54, 1.807) is 12.1 Å². The Bertz CT molecular complexity index is 925. The van der Waals surface area contributed by atoms with E-state index in [0.717, 1.165) is 31.5 Å². The van der Waals surface area contributed by atoms with Gasteiger partial charge in [0.15, 0.2) is 0 Å². The molecule has 0 unspecified atom stereocenters. The van der Waals surface area contributed by atoms with Crippen LogP contribution in [0.4, 0.5) is 0 Å². The first kappa shape index (κ1) is 18.2. The normalized spacial score (nSPS) is 11.3. The lowest BCUT2D eigenvalue weighted by Crippen LogP contribution is -2.25. The van der Waals surface area contributed by atoms with Crippen LogP contribution in [-0.4, -0.2) is 23.1 Å². The largest absolute Gasteiger partial charge is 0.507 e. The summed E-state index contributed by atoms with van der Waals surface area (Å²) in [5, 5.41) is 10.9. The molecule has 0 saturated heterocycles. The Morgan fingerprint density at radius 1 is 1.00 bits per heavy atom. The molecule has 0 aliphatic carbocycles. The molecule has 0 aliphatic heterocycles. The summed E-state index contributed by atoms with van der Waals surface area (Å²) in [4.78, 5) is 15.3. The molecule has 4 nitrogen and oxygen atoms in total. The average Bonchev–Trinajstić information content (AvgIpc) is 2.65. The van der Waals surface area contributed by atoms with Crippen molar-refractivity contribution in [3.8, 4) is 16.9 Å². The predicted molar refractivity (Wildman–Crippen MR) is 105 cm³/mol. The summed E-state index contributed by atoms with van der Waals surface area (Å²) in [6.07, 6.45) is 3.58. The summed E-state index contributed by atoms with van der Waals surface area (Å²) in [5.74, 6) is 0.172. The van der Waals surface area contributed by atoms with E-state index in [2.05, 4.69) is 18.7 Å². The number of hydrogen-bond acceptors (Lipinski definition) is 4. The van der Waals surface area contributed by atoms with Gasteiger partial charge in [-0.15, -0.1) is 0 Å². The third-order valence-electron chi connectivity index (χ3n) is 4.57. The highest BCUT2D eigenvalue weighted by Crippen LogP contribution is 2.29. The fourth-order valence-electron chi connectivity index (χ4n) is 3.34. The number of hydrogen-bond donors (Lipinski definition) is 1. The fraction of sp³-hybridized carbons (Fsp3) is 0.318. The summed E-state index contributed by atoms with van der Waals surface area (Å²) in [6, 6.07) is 12.7. The second-order valence-corrected chi connectivity index (χ2v) is 6.56. The van der Waals surface area contributed by atoms with E-state index in [0.29, 0.717) is 28.6 Å². The van der Waals surface area contributed by atoms with Crippen molar-refractivity contribution in [2.24, 2.45) is 0 Å². The number of benzene rings is 2. The van der Waals surface area contributed by atoms with Crippen LogP contribution >= 0.6 is 0 Å². The molecule has 1 aromatic heterocycles. The third-order valence-corrected chi connectivity index (χ3v) is 4.57. The van der Waals surface area contributed by atoms with E-state index >= 15 is 0 Å². The average molecular weight is 351 g/mol. The Morgan fingerprint density at radius 3 is 2.35 bits per heavy atom. The zero-order valence-corrected chi connectivity index (χ0v) is 15.4. The lowest BCUT2D eigenvalue weighted by Gasteiger charge is -2.22. The molecule has 0 aliphatic rings. The molecule has 4 heteroatoms. The van der Waals surface area contributed by atoms with E-state index < -0.39 is 0 Å². The summed E-state index contributed by atoms with van der Waals surface area (Å²) >= 11 is 0. The number of phenolic OH excluding ortho intramolecular Hbond substituents is 1. The molecule has 26 heavy (non-hydrogen) atoms. The standard InChI is InChI=1S/C22H25NO3/c1-3-12-23(13-4-2)14-18-20(24)11-10-17-21(25)19(15-26-22(17)18)16-8-6-5-7-9-16/h5-11,15,24H,3-4,12-14H2,1-2H3. The maximum atomic E-state index is 13.0. The van der Waals surface area contributed by atoms with Crippen LogP contribution in [0.1, 0.15) is 32.3 Å². The Hall–Kier alpha value is -2.59. The van der Waals surface area contributed by atoms with Crippen LogP contribution in [0.3, 0.4) is 0 Å². The first-order chi connectivity index (χ1) is 12.7. The summed E-state index contributed by atoms with van der Waals surface area (Å²) < 4.78 is 5.86. The van der Waals surface area contributed by atoms with Crippen molar-refractivity contribution in [3.63, 3.8) is 0 Å². The monoisotopic (exact) mass is 351 g/mol. The van der Waals surface area contributed by atoms with Crippen molar-refractivity contribution in [1.29, 1.82) is 0 Å². The Labute approximate surface area is 153 Å². The van der Waals surface area contributed by atoms with Gasteiger partial charge in [-0.25, -0.2) is 0 Å². The number of aromatic hydroxyl groups is 1. The van der Waals surface area contributed by atoms with Crippen molar-refractivity contribution in [2.75, 3.05) is 13.1 Å². The molecule has 136 valence electrons. The summed E-state index contributed by atoms with van der Waals surface area (Å²) in [6.45, 7) is 6.72. The van der Waals surface area contributed by atoms with Gasteiger partial charge in [0.25, 0.3) is 0 Å². The zero-order chi connectivity index (χ0) is 18.5. The second kappa shape index (κ2) is 8.19. The Kier molecular flexibility index (Phi) is 5.74. The van der Waals surface area contributed by atoms with Gasteiger partial charge in [-0.2, -0.15) is 0 Å². The number of phenols is 1. The highest BCUT2D eigenvalue weighted by atomic mass is 16.3. The van der Waals surface area contributed by atoms with E-state index in [1.165, 1.54) is 6.26 Å². The second-order valence-electron chi connectivity index (χ2n) is 6.56. The minimum atomic E-state index is -0.0729. The van der Waals surface area contributed by atoms with Gasteiger partial charge in [-0.3, -0.25) is 9.69 Å². The van der Waals surface area contributed by atoms with Gasteiger partial charge in [0.05, 0.1) is 16.5 Å². The molecule has 0 bridgehead atoms. The molecule has 0 radical (unpaired) electrons. The lowest BCUT2D eigenvalue weighted by molar-refractivity contribution is 0.262. The first-order valence-electron chi connectivity index (χ1n) is 9.19. The van der Waals surface area contributed by atoms with Crippen molar-refractivity contribution < 1.29 is 9.52 Å². The lowest BCUT2D eigenvalue weighted by atomic mass is 10.0. The van der Waals surface area contributed by atoms with E-state index in [9.17, 15) is 9.90 Å². The van der Waals surface area contributed by atoms with Crippen LogP contribution in [0.15, 0.2) is 57.9 Å². The van der Waals surface area contributed by atoms with Crippen LogP contribution in [0.5, 0.6) is 5.75 Å². The molecule has 0 spiro atoms. The van der Waals surface area contributed by atoms with E-state index in [-0.39, 0.29) is 11.2 Å². The SMILES string of the molecule is CCCN(CCC)Cc1c(O)ccc2c(=O)c(-c3ccccc3)coc12.